The Hall–Kier alpha value is -1.82. The van der Waals surface area contributed by atoms with Crippen LogP contribution in [0.3, 0.4) is 0 Å². The van der Waals surface area contributed by atoms with Crippen LogP contribution in [-0.2, 0) is 4.74 Å². The number of nitrogen functional groups attached to an aromatic ring is 1. The number of hydrogen-bond acceptors (Lipinski definition) is 5. The number of pyridine rings is 1. The van der Waals surface area contributed by atoms with E-state index in [-0.39, 0.29) is 11.3 Å². The van der Waals surface area contributed by atoms with Crippen LogP contribution < -0.4 is 10.6 Å². The van der Waals surface area contributed by atoms with Gasteiger partial charge in [-0.2, -0.15) is 0 Å². The van der Waals surface area contributed by atoms with Gasteiger partial charge >= 0.3 is 5.97 Å². The summed E-state index contributed by atoms with van der Waals surface area (Å²) in [4.78, 5) is 16.7. The normalized spacial score (nSPS) is 10.1. The van der Waals surface area contributed by atoms with Crippen molar-refractivity contribution in [3.05, 3.63) is 17.8 Å². The summed E-state index contributed by atoms with van der Waals surface area (Å²) in [7, 11) is 3.38. The lowest BCUT2D eigenvalue weighted by molar-refractivity contribution is 0.0698. The molecular formula is C10H15N3O3. The molecule has 0 aliphatic rings. The van der Waals surface area contributed by atoms with E-state index < -0.39 is 5.97 Å². The number of ether oxygens (including phenoxy) is 1. The Bertz CT molecular complexity index is 382. The van der Waals surface area contributed by atoms with E-state index in [4.69, 9.17) is 15.6 Å². The van der Waals surface area contributed by atoms with Crippen molar-refractivity contribution in [3.63, 3.8) is 0 Å². The van der Waals surface area contributed by atoms with Gasteiger partial charge in [-0.05, 0) is 6.07 Å². The Morgan fingerprint density at radius 2 is 2.38 bits per heavy atom. The molecule has 1 rings (SSSR count). The average Bonchev–Trinajstić information content (AvgIpc) is 2.25. The van der Waals surface area contributed by atoms with Gasteiger partial charge in [-0.3, -0.25) is 0 Å². The fraction of sp³-hybridized carbons (Fsp3) is 0.400. The summed E-state index contributed by atoms with van der Waals surface area (Å²) in [5.74, 6) is -0.599. The van der Waals surface area contributed by atoms with Gasteiger partial charge in [0, 0.05) is 26.9 Å². The van der Waals surface area contributed by atoms with Gasteiger partial charge in [0.25, 0.3) is 0 Å². The number of hydrogen-bond donors (Lipinski definition) is 2. The second-order valence-corrected chi connectivity index (χ2v) is 3.32. The van der Waals surface area contributed by atoms with Crippen molar-refractivity contribution in [2.45, 2.75) is 0 Å². The van der Waals surface area contributed by atoms with E-state index in [2.05, 4.69) is 4.98 Å². The number of methoxy groups -OCH3 is 1. The summed E-state index contributed by atoms with van der Waals surface area (Å²) in [6.07, 6.45) is 1.43. The monoisotopic (exact) mass is 225 g/mol. The number of carboxylic acid groups (broad SMARTS) is 1. The van der Waals surface area contributed by atoms with Crippen molar-refractivity contribution >= 4 is 17.5 Å². The van der Waals surface area contributed by atoms with E-state index in [1.807, 2.05) is 0 Å². The minimum absolute atomic E-state index is 0.0641. The molecule has 6 nitrogen and oxygen atoms in total. The molecule has 0 saturated heterocycles. The summed E-state index contributed by atoms with van der Waals surface area (Å²) < 4.78 is 4.92. The number of nitrogens with two attached hydrogens (primary N) is 1. The Labute approximate surface area is 93.6 Å². The number of carbonyl (C=O) groups is 1. The third-order valence-corrected chi connectivity index (χ3v) is 2.19. The van der Waals surface area contributed by atoms with E-state index in [0.29, 0.717) is 19.0 Å². The molecule has 0 aromatic carbocycles. The molecule has 88 valence electrons. The van der Waals surface area contributed by atoms with Crippen LogP contribution in [0.25, 0.3) is 0 Å². The zero-order valence-electron chi connectivity index (χ0n) is 9.30. The smallest absolute Gasteiger partial charge is 0.337 e. The van der Waals surface area contributed by atoms with Crippen LogP contribution in [0.15, 0.2) is 12.3 Å². The first kappa shape index (κ1) is 12.3. The number of likely N-dealkylation sites (N-methyl/N-ethyl adjacent to an activating group) is 1. The maximum atomic E-state index is 10.9. The van der Waals surface area contributed by atoms with E-state index in [0.717, 1.165) is 0 Å². The van der Waals surface area contributed by atoms with Gasteiger partial charge in [0.15, 0.2) is 5.82 Å². The van der Waals surface area contributed by atoms with Crippen LogP contribution in [0.1, 0.15) is 10.4 Å². The lowest BCUT2D eigenvalue weighted by atomic mass is 10.2. The first-order chi connectivity index (χ1) is 7.57. The molecule has 3 N–H and O–H groups in total. The molecule has 0 bridgehead atoms. The van der Waals surface area contributed by atoms with Gasteiger partial charge in [0.2, 0.25) is 0 Å². The van der Waals surface area contributed by atoms with E-state index in [1.165, 1.54) is 12.3 Å². The molecule has 16 heavy (non-hydrogen) atoms. The number of aromatic nitrogens is 1. The van der Waals surface area contributed by atoms with Crippen molar-refractivity contribution in [1.82, 2.24) is 4.98 Å². The van der Waals surface area contributed by atoms with Crippen LogP contribution in [0.4, 0.5) is 11.5 Å². The number of nitrogens with zero attached hydrogens (tertiary/aromatic N) is 2. The Morgan fingerprint density at radius 1 is 1.69 bits per heavy atom. The summed E-state index contributed by atoms with van der Waals surface area (Å²) in [5, 5.41) is 8.90. The fourth-order valence-corrected chi connectivity index (χ4v) is 1.29. The summed E-state index contributed by atoms with van der Waals surface area (Å²) in [6.45, 7) is 1.12. The summed E-state index contributed by atoms with van der Waals surface area (Å²) in [6, 6.07) is 1.38. The molecule has 0 aliphatic heterocycles. The van der Waals surface area contributed by atoms with Gasteiger partial charge < -0.3 is 20.5 Å². The van der Waals surface area contributed by atoms with Gasteiger partial charge in [-0.15, -0.1) is 0 Å². The van der Waals surface area contributed by atoms with Crippen LogP contribution >= 0.6 is 0 Å². The van der Waals surface area contributed by atoms with Crippen LogP contribution in [0, 0.1) is 0 Å². The molecule has 1 heterocycles. The maximum Gasteiger partial charge on any atom is 0.337 e. The number of aromatic carboxylic acids is 1. The zero-order chi connectivity index (χ0) is 12.1. The first-order valence-electron chi connectivity index (χ1n) is 4.75. The van der Waals surface area contributed by atoms with Crippen LogP contribution in [0.5, 0.6) is 0 Å². The molecule has 1 aromatic heterocycles. The van der Waals surface area contributed by atoms with E-state index >= 15 is 0 Å². The Balaban J connectivity index is 2.96. The Morgan fingerprint density at radius 3 is 2.94 bits per heavy atom. The van der Waals surface area contributed by atoms with Gasteiger partial charge in [-0.1, -0.05) is 0 Å². The van der Waals surface area contributed by atoms with Gasteiger partial charge in [0.1, 0.15) is 0 Å². The van der Waals surface area contributed by atoms with Gasteiger partial charge in [0.05, 0.1) is 17.9 Å². The lowest BCUT2D eigenvalue weighted by Crippen LogP contribution is -2.24. The molecular weight excluding hydrogens is 210 g/mol. The van der Waals surface area contributed by atoms with Crippen molar-refractivity contribution < 1.29 is 14.6 Å². The third-order valence-electron chi connectivity index (χ3n) is 2.19. The highest BCUT2D eigenvalue weighted by Gasteiger charge is 2.14. The summed E-state index contributed by atoms with van der Waals surface area (Å²) in [5.41, 5.74) is 5.97. The minimum atomic E-state index is -1.05. The predicted octanol–water partition coefficient (Wildman–Crippen LogP) is 0.445. The molecule has 6 heteroatoms. The third kappa shape index (κ3) is 2.60. The van der Waals surface area contributed by atoms with Crippen molar-refractivity contribution in [2.24, 2.45) is 0 Å². The highest BCUT2D eigenvalue weighted by molar-refractivity contribution is 5.96. The van der Waals surface area contributed by atoms with Gasteiger partial charge in [-0.25, -0.2) is 9.78 Å². The molecule has 0 atom stereocenters. The molecule has 0 amide bonds. The topological polar surface area (TPSA) is 88.7 Å². The van der Waals surface area contributed by atoms with Crippen molar-refractivity contribution in [3.8, 4) is 0 Å². The van der Waals surface area contributed by atoms with Crippen molar-refractivity contribution in [2.75, 3.05) is 37.9 Å². The minimum Gasteiger partial charge on any atom is -0.478 e. The molecule has 1 aromatic rings. The van der Waals surface area contributed by atoms with Crippen LogP contribution in [0.2, 0.25) is 0 Å². The molecule has 0 saturated carbocycles. The molecule has 0 radical (unpaired) electrons. The second kappa shape index (κ2) is 5.32. The fourth-order valence-electron chi connectivity index (χ4n) is 1.29. The number of carboxylic acids is 1. The Kier molecular flexibility index (Phi) is 4.07. The zero-order valence-corrected chi connectivity index (χ0v) is 9.30. The van der Waals surface area contributed by atoms with E-state index in [9.17, 15) is 4.79 Å². The predicted molar refractivity (Wildman–Crippen MR) is 60.8 cm³/mol. The molecule has 0 spiro atoms. The number of rotatable bonds is 5. The van der Waals surface area contributed by atoms with E-state index in [1.54, 1.807) is 19.1 Å². The highest BCUT2D eigenvalue weighted by atomic mass is 16.5. The quantitative estimate of drug-likeness (QED) is 0.756. The first-order valence-corrected chi connectivity index (χ1v) is 4.75. The standard InChI is InChI=1S/C10H15N3O3/c1-13(5-6-16-2)9-8(11)7(10(14)15)3-4-12-9/h3-4H,5-6,11H2,1-2H3,(H,14,15). The maximum absolute atomic E-state index is 10.9. The largest absolute Gasteiger partial charge is 0.478 e. The molecule has 0 unspecified atom stereocenters. The lowest BCUT2D eigenvalue weighted by Gasteiger charge is -2.19. The molecule has 0 aliphatic carbocycles. The average molecular weight is 225 g/mol. The SMILES string of the molecule is COCCN(C)c1nccc(C(=O)O)c1N. The van der Waals surface area contributed by atoms with Crippen molar-refractivity contribution in [1.29, 1.82) is 0 Å². The summed E-state index contributed by atoms with van der Waals surface area (Å²) >= 11 is 0. The molecule has 0 fully saturated rings. The number of anilines is 2. The highest BCUT2D eigenvalue weighted by Crippen LogP contribution is 2.22. The van der Waals surface area contributed by atoms with Crippen LogP contribution in [-0.4, -0.2) is 43.4 Å². The second-order valence-electron chi connectivity index (χ2n) is 3.32.